The molecule has 1 atom stereocenters. The predicted molar refractivity (Wildman–Crippen MR) is 71.6 cm³/mol. The zero-order valence-electron chi connectivity index (χ0n) is 11.4. The van der Waals surface area contributed by atoms with Crippen molar-refractivity contribution in [3.05, 3.63) is 0 Å². The SMILES string of the molecule is CCCCC(N)C(=O)NCC1CCC(C)CC1. The van der Waals surface area contributed by atoms with Gasteiger partial charge in [0.2, 0.25) is 5.91 Å². The summed E-state index contributed by atoms with van der Waals surface area (Å²) in [6.45, 7) is 5.26. The molecule has 0 spiro atoms. The summed E-state index contributed by atoms with van der Waals surface area (Å²) >= 11 is 0. The zero-order chi connectivity index (χ0) is 12.7. The maximum Gasteiger partial charge on any atom is 0.236 e. The van der Waals surface area contributed by atoms with Crippen LogP contribution >= 0.6 is 0 Å². The highest BCUT2D eigenvalue weighted by Gasteiger charge is 2.19. The molecular weight excluding hydrogens is 212 g/mol. The summed E-state index contributed by atoms with van der Waals surface area (Å²) in [7, 11) is 0. The highest BCUT2D eigenvalue weighted by molar-refractivity contribution is 5.81. The lowest BCUT2D eigenvalue weighted by atomic mass is 9.83. The van der Waals surface area contributed by atoms with E-state index in [0.29, 0.717) is 5.92 Å². The van der Waals surface area contributed by atoms with E-state index in [1.165, 1.54) is 25.7 Å². The van der Waals surface area contributed by atoms with Crippen LogP contribution in [-0.2, 0) is 4.79 Å². The molecule has 0 aromatic heterocycles. The van der Waals surface area contributed by atoms with Crippen LogP contribution in [0.5, 0.6) is 0 Å². The quantitative estimate of drug-likeness (QED) is 0.749. The van der Waals surface area contributed by atoms with E-state index >= 15 is 0 Å². The summed E-state index contributed by atoms with van der Waals surface area (Å²) in [6.07, 6.45) is 8.07. The van der Waals surface area contributed by atoms with Crippen LogP contribution in [0.2, 0.25) is 0 Å². The fourth-order valence-electron chi connectivity index (χ4n) is 2.46. The first-order chi connectivity index (χ1) is 8.13. The van der Waals surface area contributed by atoms with Crippen molar-refractivity contribution < 1.29 is 4.79 Å². The lowest BCUT2D eigenvalue weighted by Crippen LogP contribution is -2.42. The second-order valence-corrected chi connectivity index (χ2v) is 5.62. The molecule has 0 aromatic rings. The fraction of sp³-hybridized carbons (Fsp3) is 0.929. The van der Waals surface area contributed by atoms with Gasteiger partial charge in [-0.3, -0.25) is 4.79 Å². The molecule has 1 saturated carbocycles. The Kier molecular flexibility index (Phi) is 6.56. The van der Waals surface area contributed by atoms with Crippen molar-refractivity contribution >= 4 is 5.91 Å². The van der Waals surface area contributed by atoms with E-state index in [2.05, 4.69) is 19.2 Å². The summed E-state index contributed by atoms with van der Waals surface area (Å²) in [5.41, 5.74) is 5.83. The first-order valence-corrected chi connectivity index (χ1v) is 7.16. The van der Waals surface area contributed by atoms with Gasteiger partial charge >= 0.3 is 0 Å². The van der Waals surface area contributed by atoms with Gasteiger partial charge in [-0.1, -0.05) is 39.5 Å². The van der Waals surface area contributed by atoms with Gasteiger partial charge in [0.25, 0.3) is 0 Å². The molecule has 1 rings (SSSR count). The van der Waals surface area contributed by atoms with Crippen LogP contribution in [0.1, 0.15) is 58.8 Å². The number of amides is 1. The maximum absolute atomic E-state index is 11.7. The van der Waals surface area contributed by atoms with Crippen molar-refractivity contribution in [3.63, 3.8) is 0 Å². The lowest BCUT2D eigenvalue weighted by molar-refractivity contribution is -0.122. The Morgan fingerprint density at radius 2 is 2.00 bits per heavy atom. The molecule has 0 radical (unpaired) electrons. The number of carbonyl (C=O) groups excluding carboxylic acids is 1. The molecule has 3 nitrogen and oxygen atoms in total. The average Bonchev–Trinajstić information content (AvgIpc) is 2.34. The van der Waals surface area contributed by atoms with E-state index < -0.39 is 0 Å². The summed E-state index contributed by atoms with van der Waals surface area (Å²) in [6, 6.07) is -0.308. The van der Waals surface area contributed by atoms with Gasteiger partial charge in [-0.15, -0.1) is 0 Å². The second kappa shape index (κ2) is 7.70. The number of nitrogens with one attached hydrogen (secondary N) is 1. The molecule has 0 saturated heterocycles. The summed E-state index contributed by atoms with van der Waals surface area (Å²) in [5.74, 6) is 1.58. The van der Waals surface area contributed by atoms with Crippen LogP contribution in [-0.4, -0.2) is 18.5 Å². The Morgan fingerprint density at radius 3 is 2.59 bits per heavy atom. The van der Waals surface area contributed by atoms with Gasteiger partial charge in [0, 0.05) is 6.54 Å². The third-order valence-corrected chi connectivity index (χ3v) is 3.91. The minimum Gasteiger partial charge on any atom is -0.354 e. The van der Waals surface area contributed by atoms with Crippen molar-refractivity contribution in [2.75, 3.05) is 6.54 Å². The van der Waals surface area contributed by atoms with Crippen LogP contribution in [0.4, 0.5) is 0 Å². The number of hydrogen-bond donors (Lipinski definition) is 2. The van der Waals surface area contributed by atoms with Crippen LogP contribution in [0.3, 0.4) is 0 Å². The van der Waals surface area contributed by atoms with E-state index in [1.54, 1.807) is 0 Å². The van der Waals surface area contributed by atoms with Crippen LogP contribution < -0.4 is 11.1 Å². The number of carbonyl (C=O) groups is 1. The summed E-state index contributed by atoms with van der Waals surface area (Å²) in [4.78, 5) is 11.7. The minimum absolute atomic E-state index is 0.0390. The molecule has 1 aliphatic carbocycles. The second-order valence-electron chi connectivity index (χ2n) is 5.62. The van der Waals surface area contributed by atoms with Gasteiger partial charge in [0.15, 0.2) is 0 Å². The maximum atomic E-state index is 11.7. The average molecular weight is 240 g/mol. The molecule has 1 amide bonds. The van der Waals surface area contributed by atoms with Gasteiger partial charge in [-0.2, -0.15) is 0 Å². The number of nitrogens with two attached hydrogens (primary N) is 1. The molecule has 100 valence electrons. The highest BCUT2D eigenvalue weighted by atomic mass is 16.2. The number of hydrogen-bond acceptors (Lipinski definition) is 2. The lowest BCUT2D eigenvalue weighted by Gasteiger charge is -2.26. The highest BCUT2D eigenvalue weighted by Crippen LogP contribution is 2.27. The first-order valence-electron chi connectivity index (χ1n) is 7.16. The van der Waals surface area contributed by atoms with Crippen molar-refractivity contribution in [3.8, 4) is 0 Å². The normalized spacial score (nSPS) is 26.5. The molecule has 1 unspecified atom stereocenters. The van der Waals surface area contributed by atoms with Crippen LogP contribution in [0, 0.1) is 11.8 Å². The predicted octanol–water partition coefficient (Wildman–Crippen LogP) is 2.45. The zero-order valence-corrected chi connectivity index (χ0v) is 11.4. The molecule has 0 bridgehead atoms. The topological polar surface area (TPSA) is 55.1 Å². The first kappa shape index (κ1) is 14.5. The van der Waals surface area contributed by atoms with E-state index in [-0.39, 0.29) is 11.9 Å². The van der Waals surface area contributed by atoms with Gasteiger partial charge in [-0.25, -0.2) is 0 Å². The summed E-state index contributed by atoms with van der Waals surface area (Å²) in [5, 5.41) is 3.01. The Hall–Kier alpha value is -0.570. The number of unbranched alkanes of at least 4 members (excludes halogenated alkanes) is 1. The third-order valence-electron chi connectivity index (χ3n) is 3.91. The van der Waals surface area contributed by atoms with Gasteiger partial charge in [0.1, 0.15) is 0 Å². The monoisotopic (exact) mass is 240 g/mol. The molecule has 0 heterocycles. The fourth-order valence-corrected chi connectivity index (χ4v) is 2.46. The Bertz CT molecular complexity index is 222. The van der Waals surface area contributed by atoms with Gasteiger partial charge in [-0.05, 0) is 31.1 Å². The Labute approximate surface area is 106 Å². The van der Waals surface area contributed by atoms with Crippen LogP contribution in [0.25, 0.3) is 0 Å². The van der Waals surface area contributed by atoms with E-state index in [1.807, 2.05) is 0 Å². The standard InChI is InChI=1S/C14H28N2O/c1-3-4-5-13(15)14(17)16-10-12-8-6-11(2)7-9-12/h11-13H,3-10,15H2,1-2H3,(H,16,17). The Balaban J connectivity index is 2.14. The van der Waals surface area contributed by atoms with Gasteiger partial charge in [0.05, 0.1) is 6.04 Å². The van der Waals surface area contributed by atoms with Crippen molar-refractivity contribution in [1.82, 2.24) is 5.32 Å². The van der Waals surface area contributed by atoms with Crippen LogP contribution in [0.15, 0.2) is 0 Å². The molecule has 17 heavy (non-hydrogen) atoms. The molecule has 0 aromatic carbocycles. The molecular formula is C14H28N2O. The molecule has 0 aliphatic heterocycles. The molecule has 3 heteroatoms. The van der Waals surface area contributed by atoms with E-state index in [0.717, 1.165) is 31.7 Å². The molecule has 1 fully saturated rings. The third kappa shape index (κ3) is 5.53. The Morgan fingerprint density at radius 1 is 1.35 bits per heavy atom. The van der Waals surface area contributed by atoms with Crippen molar-refractivity contribution in [2.45, 2.75) is 64.8 Å². The van der Waals surface area contributed by atoms with E-state index in [9.17, 15) is 4.79 Å². The number of rotatable bonds is 6. The summed E-state index contributed by atoms with van der Waals surface area (Å²) < 4.78 is 0. The molecule has 3 N–H and O–H groups in total. The van der Waals surface area contributed by atoms with Crippen molar-refractivity contribution in [1.29, 1.82) is 0 Å². The smallest absolute Gasteiger partial charge is 0.236 e. The van der Waals surface area contributed by atoms with Crippen molar-refractivity contribution in [2.24, 2.45) is 17.6 Å². The minimum atomic E-state index is -0.308. The molecule has 1 aliphatic rings. The largest absolute Gasteiger partial charge is 0.354 e. The van der Waals surface area contributed by atoms with Gasteiger partial charge < -0.3 is 11.1 Å². The van der Waals surface area contributed by atoms with E-state index in [4.69, 9.17) is 5.73 Å².